The van der Waals surface area contributed by atoms with E-state index in [1.165, 1.54) is 24.3 Å². The van der Waals surface area contributed by atoms with Gasteiger partial charge in [-0.05, 0) is 5.56 Å². The third kappa shape index (κ3) is 1.57. The summed E-state index contributed by atoms with van der Waals surface area (Å²) >= 11 is 0. The first-order chi connectivity index (χ1) is 10.4. The lowest BCUT2D eigenvalue weighted by atomic mass is 9.97. The average molecular weight is 296 g/mol. The van der Waals surface area contributed by atoms with E-state index in [0.29, 0.717) is 5.56 Å². The van der Waals surface area contributed by atoms with Crippen LogP contribution in [-0.2, 0) is 9.53 Å². The monoisotopic (exact) mass is 296 g/mol. The maximum absolute atomic E-state index is 12.0. The molecule has 0 spiro atoms. The molecule has 1 aromatic rings. The molecule has 0 aliphatic heterocycles. The Morgan fingerprint density at radius 2 is 1.77 bits per heavy atom. The van der Waals surface area contributed by atoms with Crippen LogP contribution < -0.4 is 0 Å². The smallest absolute Gasteiger partial charge is 0.329 e. The van der Waals surface area contributed by atoms with Crippen molar-refractivity contribution in [3.05, 3.63) is 39.9 Å². The maximum atomic E-state index is 12.0. The van der Waals surface area contributed by atoms with Crippen LogP contribution in [0.2, 0.25) is 0 Å². The molecule has 0 N–H and O–H groups in total. The number of nitriles is 3. The second-order valence-electron chi connectivity index (χ2n) is 4.72. The van der Waals surface area contributed by atoms with Crippen molar-refractivity contribution in [3.8, 4) is 18.2 Å². The zero-order chi connectivity index (χ0) is 16.5. The van der Waals surface area contributed by atoms with E-state index in [1.807, 2.05) is 0 Å². The number of nitro groups is 1. The third-order valence-electron chi connectivity index (χ3n) is 3.88. The Kier molecular flexibility index (Phi) is 3.29. The van der Waals surface area contributed by atoms with Crippen LogP contribution in [0.15, 0.2) is 24.3 Å². The van der Waals surface area contributed by atoms with E-state index in [1.54, 1.807) is 18.2 Å². The zero-order valence-corrected chi connectivity index (χ0v) is 11.3. The van der Waals surface area contributed by atoms with Gasteiger partial charge in [-0.15, -0.1) is 0 Å². The summed E-state index contributed by atoms with van der Waals surface area (Å²) in [7, 11) is 1.06. The summed E-state index contributed by atoms with van der Waals surface area (Å²) < 4.78 is 4.57. The number of esters is 1. The van der Waals surface area contributed by atoms with Crippen LogP contribution in [-0.4, -0.2) is 18.0 Å². The van der Waals surface area contributed by atoms with Crippen LogP contribution in [0.3, 0.4) is 0 Å². The number of methoxy groups -OCH3 is 1. The molecule has 108 valence electrons. The fourth-order valence-electron chi connectivity index (χ4n) is 2.73. The second-order valence-corrected chi connectivity index (χ2v) is 4.72. The molecule has 2 rings (SSSR count). The molecule has 0 aromatic heterocycles. The lowest BCUT2D eigenvalue weighted by Gasteiger charge is -2.05. The largest absolute Gasteiger partial charge is 0.468 e. The van der Waals surface area contributed by atoms with Gasteiger partial charge in [-0.25, -0.2) is 0 Å². The minimum Gasteiger partial charge on any atom is -0.468 e. The van der Waals surface area contributed by atoms with Gasteiger partial charge in [0.1, 0.15) is 0 Å². The van der Waals surface area contributed by atoms with Crippen LogP contribution in [0.5, 0.6) is 0 Å². The summed E-state index contributed by atoms with van der Waals surface area (Å²) in [5.74, 6) is -1.99. The number of hydrogen-bond donors (Lipinski definition) is 0. The van der Waals surface area contributed by atoms with E-state index in [4.69, 9.17) is 0 Å². The van der Waals surface area contributed by atoms with Crippen molar-refractivity contribution < 1.29 is 14.5 Å². The van der Waals surface area contributed by atoms with E-state index in [2.05, 4.69) is 4.74 Å². The van der Waals surface area contributed by atoms with Crippen LogP contribution in [0.1, 0.15) is 11.5 Å². The van der Waals surface area contributed by atoms with Crippen molar-refractivity contribution in [1.82, 2.24) is 0 Å². The van der Waals surface area contributed by atoms with Crippen molar-refractivity contribution in [1.29, 1.82) is 15.8 Å². The summed E-state index contributed by atoms with van der Waals surface area (Å²) in [5.41, 5.74) is -3.66. The molecule has 1 aromatic carbocycles. The molecule has 8 heteroatoms. The molecule has 8 nitrogen and oxygen atoms in total. The second kappa shape index (κ2) is 4.83. The van der Waals surface area contributed by atoms with Crippen molar-refractivity contribution in [3.63, 3.8) is 0 Å². The zero-order valence-electron chi connectivity index (χ0n) is 11.3. The number of benzene rings is 1. The molecule has 1 aliphatic rings. The molecular formula is C14H8N4O4. The first-order valence-electron chi connectivity index (χ1n) is 6.01. The van der Waals surface area contributed by atoms with E-state index < -0.39 is 27.6 Å². The lowest BCUT2D eigenvalue weighted by molar-refractivity contribution is -0.384. The quantitative estimate of drug-likeness (QED) is 0.466. The summed E-state index contributed by atoms with van der Waals surface area (Å²) in [4.78, 5) is 22.0. The number of nitro benzene ring substituents is 1. The Morgan fingerprint density at radius 3 is 2.14 bits per heavy atom. The van der Waals surface area contributed by atoms with Crippen molar-refractivity contribution in [2.45, 2.75) is 5.92 Å². The molecule has 0 radical (unpaired) electrons. The first-order valence-corrected chi connectivity index (χ1v) is 6.01. The van der Waals surface area contributed by atoms with E-state index in [9.17, 15) is 30.7 Å². The molecule has 0 saturated heterocycles. The van der Waals surface area contributed by atoms with Gasteiger partial charge in [0.15, 0.2) is 10.8 Å². The SMILES string of the molecule is COC(=O)[C@]1(C#N)[C@H](c2ccc([N+](=O)[O-])cc2)C1(C#N)C#N. The van der Waals surface area contributed by atoms with Crippen LogP contribution in [0, 0.1) is 54.9 Å². The van der Waals surface area contributed by atoms with Crippen molar-refractivity contribution in [2.75, 3.05) is 7.11 Å². The number of ether oxygens (including phenoxy) is 1. The average Bonchev–Trinajstić information content (AvgIpc) is 3.17. The summed E-state index contributed by atoms with van der Waals surface area (Å²) in [6.45, 7) is 0. The normalized spacial score (nSPS) is 24.2. The molecule has 22 heavy (non-hydrogen) atoms. The number of non-ortho nitro benzene ring substituents is 1. The minimum absolute atomic E-state index is 0.176. The Hall–Kier alpha value is -3.44. The minimum atomic E-state index is -1.93. The Bertz CT molecular complexity index is 767. The highest BCUT2D eigenvalue weighted by Gasteiger charge is 2.85. The standard InChI is InChI=1S/C14H8N4O4/c1-22-12(19)14(8-17)11(13(14,6-15)7-16)9-2-4-10(5-3-9)18(20)21/h2-5,11H,1H3/t11-,14+/m1/s1. The lowest BCUT2D eigenvalue weighted by Crippen LogP contribution is -2.22. The molecule has 0 bridgehead atoms. The summed E-state index contributed by atoms with van der Waals surface area (Å²) in [6.07, 6.45) is 0. The number of carbonyl (C=O) groups excluding carboxylic acids is 1. The molecule has 2 atom stereocenters. The van der Waals surface area contributed by atoms with Crippen molar-refractivity contribution >= 4 is 11.7 Å². The Balaban J connectivity index is 2.57. The highest BCUT2D eigenvalue weighted by atomic mass is 16.6. The highest BCUT2D eigenvalue weighted by Crippen LogP contribution is 2.74. The van der Waals surface area contributed by atoms with Gasteiger partial charge in [0, 0.05) is 12.1 Å². The molecule has 0 unspecified atom stereocenters. The molecule has 0 amide bonds. The van der Waals surface area contributed by atoms with Gasteiger partial charge in [-0.1, -0.05) is 12.1 Å². The van der Waals surface area contributed by atoms with Crippen molar-refractivity contribution in [2.24, 2.45) is 10.8 Å². The fourth-order valence-corrected chi connectivity index (χ4v) is 2.73. The molecule has 1 fully saturated rings. The highest BCUT2D eigenvalue weighted by molar-refractivity contribution is 5.91. The van der Waals surface area contributed by atoms with E-state index >= 15 is 0 Å². The van der Waals surface area contributed by atoms with E-state index in [0.717, 1.165) is 7.11 Å². The Morgan fingerprint density at radius 1 is 1.23 bits per heavy atom. The van der Waals surface area contributed by atoms with Gasteiger partial charge in [0.25, 0.3) is 5.69 Å². The molecule has 1 saturated carbocycles. The fraction of sp³-hybridized carbons (Fsp3) is 0.286. The van der Waals surface area contributed by atoms with Gasteiger partial charge >= 0.3 is 5.97 Å². The summed E-state index contributed by atoms with van der Waals surface area (Å²) in [6, 6.07) is 10.2. The predicted octanol–water partition coefficient (Wildman–Crippen LogP) is 1.41. The molecule has 1 aliphatic carbocycles. The summed E-state index contributed by atoms with van der Waals surface area (Å²) in [5, 5.41) is 38.6. The number of carbonyl (C=O) groups is 1. The van der Waals surface area contributed by atoms with Crippen LogP contribution in [0.4, 0.5) is 5.69 Å². The third-order valence-corrected chi connectivity index (χ3v) is 3.88. The molecular weight excluding hydrogens is 288 g/mol. The van der Waals surface area contributed by atoms with Gasteiger partial charge in [-0.2, -0.15) is 15.8 Å². The number of rotatable bonds is 3. The topological polar surface area (TPSA) is 141 Å². The van der Waals surface area contributed by atoms with Gasteiger partial charge in [0.05, 0.1) is 36.2 Å². The van der Waals surface area contributed by atoms with Gasteiger partial charge in [0.2, 0.25) is 0 Å². The number of hydrogen-bond acceptors (Lipinski definition) is 7. The van der Waals surface area contributed by atoms with Gasteiger partial charge < -0.3 is 4.74 Å². The van der Waals surface area contributed by atoms with Gasteiger partial charge in [-0.3, -0.25) is 14.9 Å². The van der Waals surface area contributed by atoms with Crippen LogP contribution >= 0.6 is 0 Å². The van der Waals surface area contributed by atoms with Crippen LogP contribution in [0.25, 0.3) is 0 Å². The first kappa shape index (κ1) is 15.0. The maximum Gasteiger partial charge on any atom is 0.329 e. The predicted molar refractivity (Wildman–Crippen MR) is 69.6 cm³/mol. The van der Waals surface area contributed by atoms with E-state index in [-0.39, 0.29) is 5.69 Å². The molecule has 0 heterocycles. The Labute approximate surface area is 124 Å². The number of nitrogens with zero attached hydrogens (tertiary/aromatic N) is 4.